The minimum atomic E-state index is 0.406. The van der Waals surface area contributed by atoms with Crippen LogP contribution in [0.2, 0.25) is 0 Å². The first-order valence-electron chi connectivity index (χ1n) is 7.59. The molecule has 0 unspecified atom stereocenters. The van der Waals surface area contributed by atoms with Crippen molar-refractivity contribution in [3.63, 3.8) is 0 Å². The normalized spacial score (nSPS) is 18.5. The summed E-state index contributed by atoms with van der Waals surface area (Å²) in [5.74, 6) is 0.829. The lowest BCUT2D eigenvalue weighted by atomic mass is 9.75. The minimum absolute atomic E-state index is 0.406. The second-order valence-electron chi connectivity index (χ2n) is 6.98. The molecule has 4 nitrogen and oxygen atoms in total. The highest BCUT2D eigenvalue weighted by Gasteiger charge is 2.30. The lowest BCUT2D eigenvalue weighted by Crippen LogP contribution is -2.39. The van der Waals surface area contributed by atoms with Gasteiger partial charge in [-0.1, -0.05) is 26.1 Å². The zero-order chi connectivity index (χ0) is 15.8. The number of anilines is 1. The summed E-state index contributed by atoms with van der Waals surface area (Å²) in [5, 5.41) is 8.64. The van der Waals surface area contributed by atoms with E-state index in [1.807, 2.05) is 13.8 Å². The van der Waals surface area contributed by atoms with Gasteiger partial charge in [-0.15, -0.1) is 5.10 Å². The van der Waals surface area contributed by atoms with Gasteiger partial charge in [0.2, 0.25) is 0 Å². The van der Waals surface area contributed by atoms with Crippen molar-refractivity contribution in [3.05, 3.63) is 16.8 Å². The molecule has 0 amide bonds. The summed E-state index contributed by atoms with van der Waals surface area (Å²) in [5.41, 5.74) is 9.19. The summed E-state index contributed by atoms with van der Waals surface area (Å²) in [6.07, 6.45) is 4.83. The van der Waals surface area contributed by atoms with Gasteiger partial charge in [0.05, 0.1) is 11.3 Å². The average Bonchev–Trinajstić information content (AvgIpc) is 2.40. The summed E-state index contributed by atoms with van der Waals surface area (Å²) in [7, 11) is 2.09. The molecule has 1 saturated carbocycles. The molecule has 21 heavy (non-hydrogen) atoms. The van der Waals surface area contributed by atoms with Crippen LogP contribution in [0.1, 0.15) is 56.4 Å². The van der Waals surface area contributed by atoms with Crippen molar-refractivity contribution in [2.24, 2.45) is 11.1 Å². The zero-order valence-corrected chi connectivity index (χ0v) is 14.5. The fourth-order valence-corrected chi connectivity index (χ4v) is 3.33. The van der Waals surface area contributed by atoms with Gasteiger partial charge in [0.15, 0.2) is 5.82 Å². The van der Waals surface area contributed by atoms with Crippen LogP contribution in [0.25, 0.3) is 0 Å². The lowest BCUT2D eigenvalue weighted by Gasteiger charge is -2.39. The van der Waals surface area contributed by atoms with E-state index in [1.165, 1.54) is 25.7 Å². The third-order valence-electron chi connectivity index (χ3n) is 4.87. The molecule has 0 radical (unpaired) electrons. The smallest absolute Gasteiger partial charge is 0.161 e. The molecule has 2 N–H and O–H groups in total. The van der Waals surface area contributed by atoms with Crippen molar-refractivity contribution in [1.82, 2.24) is 10.2 Å². The van der Waals surface area contributed by atoms with Crippen LogP contribution < -0.4 is 10.6 Å². The van der Waals surface area contributed by atoms with E-state index in [2.05, 4.69) is 36.0 Å². The van der Waals surface area contributed by atoms with Crippen molar-refractivity contribution >= 4 is 23.0 Å². The summed E-state index contributed by atoms with van der Waals surface area (Å²) >= 11 is 5.24. The molecule has 1 aliphatic carbocycles. The molecule has 1 aromatic rings. The second kappa shape index (κ2) is 5.87. The van der Waals surface area contributed by atoms with E-state index >= 15 is 0 Å². The quantitative estimate of drug-likeness (QED) is 0.870. The molecule has 1 heterocycles. The summed E-state index contributed by atoms with van der Waals surface area (Å²) < 4.78 is 0. The maximum atomic E-state index is 5.93. The van der Waals surface area contributed by atoms with Crippen molar-refractivity contribution < 1.29 is 0 Å². The first-order valence-corrected chi connectivity index (χ1v) is 8.00. The van der Waals surface area contributed by atoms with Crippen LogP contribution in [0.15, 0.2) is 0 Å². The van der Waals surface area contributed by atoms with Gasteiger partial charge in [-0.2, -0.15) is 5.10 Å². The Morgan fingerprint density at radius 2 is 1.81 bits per heavy atom. The zero-order valence-electron chi connectivity index (χ0n) is 13.7. The van der Waals surface area contributed by atoms with E-state index in [4.69, 9.17) is 18.0 Å². The van der Waals surface area contributed by atoms with Crippen LogP contribution >= 0.6 is 12.2 Å². The molecule has 2 rings (SSSR count). The van der Waals surface area contributed by atoms with Crippen molar-refractivity contribution in [2.75, 3.05) is 11.9 Å². The predicted molar refractivity (Wildman–Crippen MR) is 91.8 cm³/mol. The van der Waals surface area contributed by atoms with Gasteiger partial charge >= 0.3 is 0 Å². The minimum Gasteiger partial charge on any atom is -0.389 e. The molecule has 0 atom stereocenters. The molecule has 0 bridgehead atoms. The number of aromatic nitrogens is 2. The Hall–Kier alpha value is -1.23. The molecule has 0 aliphatic heterocycles. The molecule has 0 saturated heterocycles. The van der Waals surface area contributed by atoms with Crippen LogP contribution in [-0.4, -0.2) is 28.3 Å². The van der Waals surface area contributed by atoms with Gasteiger partial charge in [0.1, 0.15) is 4.99 Å². The van der Waals surface area contributed by atoms with Gasteiger partial charge in [-0.05, 0) is 50.5 Å². The number of rotatable bonds is 3. The monoisotopic (exact) mass is 306 g/mol. The van der Waals surface area contributed by atoms with Crippen LogP contribution in [0.4, 0.5) is 5.82 Å². The van der Waals surface area contributed by atoms with Gasteiger partial charge in [-0.3, -0.25) is 0 Å². The number of nitrogens with two attached hydrogens (primary N) is 1. The highest BCUT2D eigenvalue weighted by Crippen LogP contribution is 2.38. The van der Waals surface area contributed by atoms with E-state index in [1.54, 1.807) is 0 Å². The van der Waals surface area contributed by atoms with E-state index in [-0.39, 0.29) is 0 Å². The number of hydrogen-bond acceptors (Lipinski definition) is 4. The Morgan fingerprint density at radius 1 is 1.24 bits per heavy atom. The summed E-state index contributed by atoms with van der Waals surface area (Å²) in [4.78, 5) is 2.63. The molecule has 1 fully saturated rings. The van der Waals surface area contributed by atoms with Crippen LogP contribution in [-0.2, 0) is 0 Å². The molecular weight excluding hydrogens is 280 g/mol. The predicted octanol–water partition coefficient (Wildman–Crippen LogP) is 3.13. The van der Waals surface area contributed by atoms with E-state index in [0.29, 0.717) is 16.4 Å². The number of nitrogens with zero attached hydrogens (tertiary/aromatic N) is 3. The highest BCUT2D eigenvalue weighted by molar-refractivity contribution is 7.80. The highest BCUT2D eigenvalue weighted by atomic mass is 32.1. The summed E-state index contributed by atoms with van der Waals surface area (Å²) in [6, 6.07) is 0.488. The first kappa shape index (κ1) is 16.1. The Kier molecular flexibility index (Phi) is 4.51. The van der Waals surface area contributed by atoms with Gasteiger partial charge in [0.25, 0.3) is 0 Å². The standard InChI is InChI=1S/C16H26N4S/c1-10-11(2)18-19-15(13(10)14(17)21)20(5)12-6-8-16(3,4)9-7-12/h12H,6-9H2,1-5H3,(H2,17,21). The SMILES string of the molecule is Cc1nnc(N(C)C2CCC(C)(C)CC2)c(C(N)=S)c1C. The van der Waals surface area contributed by atoms with Gasteiger partial charge < -0.3 is 10.6 Å². The topological polar surface area (TPSA) is 55.0 Å². The van der Waals surface area contributed by atoms with Gasteiger partial charge in [0, 0.05) is 13.1 Å². The number of hydrogen-bond donors (Lipinski definition) is 1. The van der Waals surface area contributed by atoms with Crippen molar-refractivity contribution in [3.8, 4) is 0 Å². The molecule has 1 aliphatic rings. The van der Waals surface area contributed by atoms with E-state index < -0.39 is 0 Å². The Bertz CT molecular complexity index is 543. The second-order valence-corrected chi connectivity index (χ2v) is 7.42. The van der Waals surface area contributed by atoms with Crippen LogP contribution in [0.5, 0.6) is 0 Å². The Morgan fingerprint density at radius 3 is 2.33 bits per heavy atom. The average molecular weight is 306 g/mol. The molecular formula is C16H26N4S. The fraction of sp³-hybridized carbons (Fsp3) is 0.688. The molecule has 1 aromatic heterocycles. The third kappa shape index (κ3) is 3.34. The van der Waals surface area contributed by atoms with E-state index in [0.717, 1.165) is 22.6 Å². The Balaban J connectivity index is 2.30. The lowest BCUT2D eigenvalue weighted by molar-refractivity contribution is 0.222. The van der Waals surface area contributed by atoms with Crippen molar-refractivity contribution in [1.29, 1.82) is 0 Å². The fourth-order valence-electron chi connectivity index (χ4n) is 3.08. The maximum Gasteiger partial charge on any atom is 0.161 e. The number of thiocarbonyl (C=S) groups is 1. The molecule has 0 aromatic carbocycles. The Labute approximate surface area is 133 Å². The molecule has 5 heteroatoms. The molecule has 116 valence electrons. The van der Waals surface area contributed by atoms with Crippen LogP contribution in [0.3, 0.4) is 0 Å². The van der Waals surface area contributed by atoms with Gasteiger partial charge in [-0.25, -0.2) is 0 Å². The third-order valence-corrected chi connectivity index (χ3v) is 5.08. The maximum absolute atomic E-state index is 5.93. The van der Waals surface area contributed by atoms with E-state index in [9.17, 15) is 0 Å². The molecule has 0 spiro atoms. The first-order chi connectivity index (χ1) is 9.73. The van der Waals surface area contributed by atoms with Crippen LogP contribution in [0, 0.1) is 19.3 Å². The number of aryl methyl sites for hydroxylation is 1. The van der Waals surface area contributed by atoms with Crippen molar-refractivity contribution in [2.45, 2.75) is 59.4 Å². The summed E-state index contributed by atoms with van der Waals surface area (Å²) in [6.45, 7) is 8.65. The largest absolute Gasteiger partial charge is 0.389 e.